The van der Waals surface area contributed by atoms with Crippen LogP contribution in [0.5, 0.6) is 0 Å². The molecule has 0 radical (unpaired) electrons. The summed E-state index contributed by atoms with van der Waals surface area (Å²) < 4.78 is 16.1. The number of amides is 1. The molecule has 3 aromatic rings. The largest absolute Gasteiger partial charge is 0.481 e. The van der Waals surface area contributed by atoms with Gasteiger partial charge in [0.25, 0.3) is 5.91 Å². The lowest BCUT2D eigenvalue weighted by Crippen LogP contribution is -2.43. The van der Waals surface area contributed by atoms with E-state index < -0.39 is 11.9 Å². The minimum Gasteiger partial charge on any atom is -0.481 e. The van der Waals surface area contributed by atoms with Gasteiger partial charge in [0.05, 0.1) is 12.5 Å². The number of hydrogen-bond donors (Lipinski definition) is 1. The van der Waals surface area contributed by atoms with Gasteiger partial charge in [-0.3, -0.25) is 9.59 Å². The first-order valence-electron chi connectivity index (χ1n) is 9.38. The molecule has 1 N–H and O–H groups in total. The summed E-state index contributed by atoms with van der Waals surface area (Å²) in [6.07, 6.45) is 1.24. The summed E-state index contributed by atoms with van der Waals surface area (Å²) in [7, 11) is 0. The number of nitrogens with zero attached hydrogens (tertiary/aromatic N) is 2. The fraction of sp³-hybridized carbons (Fsp3) is 0.273. The molecule has 28 heavy (non-hydrogen) atoms. The Labute approximate surface area is 162 Å². The summed E-state index contributed by atoms with van der Waals surface area (Å²) in [4.78, 5) is 26.2. The highest BCUT2D eigenvalue weighted by atomic mass is 19.1. The second-order valence-corrected chi connectivity index (χ2v) is 7.19. The van der Waals surface area contributed by atoms with Gasteiger partial charge in [0, 0.05) is 29.6 Å². The average molecular weight is 380 g/mol. The van der Waals surface area contributed by atoms with Crippen LogP contribution in [0.15, 0.2) is 54.6 Å². The molecule has 1 unspecified atom stereocenters. The number of aliphatic carboxylic acids is 1. The number of carbonyl (C=O) groups is 2. The summed E-state index contributed by atoms with van der Waals surface area (Å²) in [6, 6.07) is 15.9. The molecule has 0 saturated carbocycles. The van der Waals surface area contributed by atoms with E-state index in [-0.39, 0.29) is 24.8 Å². The summed E-state index contributed by atoms with van der Waals surface area (Å²) >= 11 is 0. The molecular weight excluding hydrogens is 359 g/mol. The number of carboxylic acid groups (broad SMARTS) is 1. The quantitative estimate of drug-likeness (QED) is 0.750. The number of carboxylic acids is 1. The number of hydrogen-bond acceptors (Lipinski definition) is 2. The van der Waals surface area contributed by atoms with Crippen LogP contribution < -0.4 is 0 Å². The van der Waals surface area contributed by atoms with Gasteiger partial charge in [-0.15, -0.1) is 0 Å². The Kier molecular flexibility index (Phi) is 4.86. The molecule has 0 bridgehead atoms. The molecule has 6 heteroatoms. The zero-order valence-electron chi connectivity index (χ0n) is 15.3. The minimum absolute atomic E-state index is 0.204. The third-order valence-corrected chi connectivity index (χ3v) is 5.37. The van der Waals surface area contributed by atoms with Gasteiger partial charge in [-0.25, -0.2) is 4.39 Å². The predicted octanol–water partition coefficient (Wildman–Crippen LogP) is 3.77. The molecule has 1 amide bonds. The highest BCUT2D eigenvalue weighted by Crippen LogP contribution is 2.25. The number of carbonyl (C=O) groups excluding carboxylic acids is 1. The predicted molar refractivity (Wildman–Crippen MR) is 104 cm³/mol. The first-order chi connectivity index (χ1) is 13.5. The fourth-order valence-corrected chi connectivity index (χ4v) is 3.88. The van der Waals surface area contributed by atoms with E-state index in [1.165, 1.54) is 6.07 Å². The minimum atomic E-state index is -0.871. The highest BCUT2D eigenvalue weighted by molar-refractivity contribution is 5.99. The van der Waals surface area contributed by atoms with Crippen LogP contribution >= 0.6 is 0 Å². The Morgan fingerprint density at radius 3 is 2.64 bits per heavy atom. The summed E-state index contributed by atoms with van der Waals surface area (Å²) in [5.74, 6) is -1.94. The van der Waals surface area contributed by atoms with Crippen molar-refractivity contribution in [2.75, 3.05) is 13.1 Å². The lowest BCUT2D eigenvalue weighted by molar-refractivity contribution is -0.143. The molecular formula is C22H21FN2O3. The van der Waals surface area contributed by atoms with Crippen molar-refractivity contribution in [2.24, 2.45) is 5.92 Å². The van der Waals surface area contributed by atoms with E-state index in [0.717, 1.165) is 10.9 Å². The molecule has 1 fully saturated rings. The van der Waals surface area contributed by atoms with E-state index in [0.29, 0.717) is 30.6 Å². The Hall–Kier alpha value is -3.15. The van der Waals surface area contributed by atoms with E-state index >= 15 is 0 Å². The second-order valence-electron chi connectivity index (χ2n) is 7.19. The van der Waals surface area contributed by atoms with Gasteiger partial charge >= 0.3 is 5.97 Å². The Balaban J connectivity index is 1.73. The van der Waals surface area contributed by atoms with E-state index in [2.05, 4.69) is 0 Å². The number of piperidine rings is 1. The van der Waals surface area contributed by atoms with Crippen LogP contribution in [0, 0.1) is 11.7 Å². The zero-order chi connectivity index (χ0) is 19.7. The molecule has 2 heterocycles. The van der Waals surface area contributed by atoms with Crippen LogP contribution in [-0.4, -0.2) is 39.5 Å². The van der Waals surface area contributed by atoms with Crippen molar-refractivity contribution in [1.29, 1.82) is 0 Å². The fourth-order valence-electron chi connectivity index (χ4n) is 3.88. The first-order valence-corrected chi connectivity index (χ1v) is 9.38. The molecule has 5 nitrogen and oxygen atoms in total. The maximum absolute atomic E-state index is 14.2. The van der Waals surface area contributed by atoms with E-state index in [4.69, 9.17) is 0 Å². The molecule has 144 valence electrons. The lowest BCUT2D eigenvalue weighted by Gasteiger charge is -2.31. The Morgan fingerprint density at radius 1 is 1.11 bits per heavy atom. The van der Waals surface area contributed by atoms with Crippen molar-refractivity contribution < 1.29 is 19.1 Å². The highest BCUT2D eigenvalue weighted by Gasteiger charge is 2.30. The third-order valence-electron chi connectivity index (χ3n) is 5.37. The van der Waals surface area contributed by atoms with Crippen LogP contribution in [0.3, 0.4) is 0 Å². The Bertz CT molecular complexity index is 1040. The van der Waals surface area contributed by atoms with Gasteiger partial charge in [0.15, 0.2) is 0 Å². The van der Waals surface area contributed by atoms with E-state index in [1.807, 2.05) is 34.9 Å². The van der Waals surface area contributed by atoms with Crippen LogP contribution in [0.4, 0.5) is 4.39 Å². The van der Waals surface area contributed by atoms with Gasteiger partial charge in [-0.2, -0.15) is 0 Å². The molecule has 1 aromatic heterocycles. The van der Waals surface area contributed by atoms with Crippen LogP contribution in [0.1, 0.15) is 28.9 Å². The molecule has 2 aromatic carbocycles. The lowest BCUT2D eigenvalue weighted by atomic mass is 9.98. The van der Waals surface area contributed by atoms with Crippen LogP contribution in [0.25, 0.3) is 10.9 Å². The molecule has 1 atom stereocenters. The van der Waals surface area contributed by atoms with Crippen LogP contribution in [-0.2, 0) is 11.3 Å². The standard InChI is InChI=1S/C22H21FN2O3/c23-18-9-3-1-7-16(18)14-25-19-10-4-2-6-15(19)12-20(25)21(26)24-11-5-8-17(13-24)22(27)28/h1-4,6-7,9-10,12,17H,5,8,11,13-14H2,(H,27,28). The monoisotopic (exact) mass is 380 g/mol. The van der Waals surface area contributed by atoms with Crippen LogP contribution in [0.2, 0.25) is 0 Å². The van der Waals surface area contributed by atoms with Gasteiger partial charge in [0.2, 0.25) is 0 Å². The summed E-state index contributed by atoms with van der Waals surface area (Å²) in [5, 5.41) is 10.2. The normalized spacial score (nSPS) is 17.0. The zero-order valence-corrected chi connectivity index (χ0v) is 15.3. The summed E-state index contributed by atoms with van der Waals surface area (Å²) in [5.41, 5.74) is 1.80. The Morgan fingerprint density at radius 2 is 1.86 bits per heavy atom. The number of halogens is 1. The number of para-hydroxylation sites is 1. The van der Waals surface area contributed by atoms with Gasteiger partial charge in [-0.05, 0) is 31.0 Å². The van der Waals surface area contributed by atoms with Gasteiger partial charge in [-0.1, -0.05) is 36.4 Å². The molecule has 0 aliphatic carbocycles. The molecule has 0 spiro atoms. The number of fused-ring (bicyclic) bond motifs is 1. The molecule has 1 aliphatic heterocycles. The van der Waals surface area contributed by atoms with Crippen molar-refractivity contribution in [2.45, 2.75) is 19.4 Å². The number of benzene rings is 2. The van der Waals surface area contributed by atoms with Crippen molar-refractivity contribution in [1.82, 2.24) is 9.47 Å². The topological polar surface area (TPSA) is 62.5 Å². The van der Waals surface area contributed by atoms with Crippen molar-refractivity contribution in [3.05, 3.63) is 71.7 Å². The number of likely N-dealkylation sites (tertiary alicyclic amines) is 1. The number of aromatic nitrogens is 1. The molecule has 1 aliphatic rings. The maximum atomic E-state index is 14.2. The maximum Gasteiger partial charge on any atom is 0.308 e. The van der Waals surface area contributed by atoms with Gasteiger partial charge in [0.1, 0.15) is 11.5 Å². The molecule has 4 rings (SSSR count). The smallest absolute Gasteiger partial charge is 0.308 e. The van der Waals surface area contributed by atoms with E-state index in [9.17, 15) is 19.1 Å². The van der Waals surface area contributed by atoms with E-state index in [1.54, 1.807) is 23.1 Å². The molecule has 1 saturated heterocycles. The third kappa shape index (κ3) is 3.38. The van der Waals surface area contributed by atoms with Crippen molar-refractivity contribution >= 4 is 22.8 Å². The summed E-state index contributed by atoms with van der Waals surface area (Å²) in [6.45, 7) is 0.969. The second kappa shape index (κ2) is 7.46. The number of rotatable bonds is 4. The SMILES string of the molecule is O=C(O)C1CCCN(C(=O)c2cc3ccccc3n2Cc2ccccc2F)C1. The van der Waals surface area contributed by atoms with Crippen molar-refractivity contribution in [3.8, 4) is 0 Å². The first kappa shape index (κ1) is 18.2. The average Bonchev–Trinajstić information content (AvgIpc) is 3.08. The van der Waals surface area contributed by atoms with Crippen molar-refractivity contribution in [3.63, 3.8) is 0 Å². The van der Waals surface area contributed by atoms with Gasteiger partial charge < -0.3 is 14.6 Å².